The average Bonchev–Trinajstić information content (AvgIpc) is 2.51. The van der Waals surface area contributed by atoms with Crippen molar-refractivity contribution in [1.82, 2.24) is 0 Å². The number of carbonyl (C=O) groups is 1. The van der Waals surface area contributed by atoms with Gasteiger partial charge in [-0.3, -0.25) is 0 Å². The predicted molar refractivity (Wildman–Crippen MR) is 109 cm³/mol. The largest absolute Gasteiger partial charge is 0.460 e. The minimum Gasteiger partial charge on any atom is -0.460 e. The fourth-order valence-corrected chi connectivity index (χ4v) is 2.20. The molecule has 5 heteroatoms. The van der Waals surface area contributed by atoms with Crippen LogP contribution >= 0.6 is 0 Å². The Hall–Kier alpha value is -1.95. The number of aliphatic hydroxyl groups is 3. The van der Waals surface area contributed by atoms with Gasteiger partial charge < -0.3 is 20.1 Å². The Bertz CT molecular complexity index is 606. The number of hydrogen-bond donors (Lipinski definition) is 3. The Labute approximate surface area is 163 Å². The zero-order chi connectivity index (χ0) is 21.0. The van der Waals surface area contributed by atoms with Crippen molar-refractivity contribution in [1.29, 1.82) is 0 Å². The van der Waals surface area contributed by atoms with Gasteiger partial charge in [-0.2, -0.15) is 0 Å². The molecular weight excluding hydrogens is 344 g/mol. The van der Waals surface area contributed by atoms with Gasteiger partial charge in [0.15, 0.2) is 0 Å². The summed E-state index contributed by atoms with van der Waals surface area (Å²) in [6, 6.07) is 0. The van der Waals surface area contributed by atoms with Gasteiger partial charge in [0.05, 0.1) is 24.4 Å². The van der Waals surface area contributed by atoms with E-state index in [1.54, 1.807) is 32.9 Å². The molecule has 0 bridgehead atoms. The summed E-state index contributed by atoms with van der Waals surface area (Å²) in [6.45, 7) is 10.8. The second-order valence-electron chi connectivity index (χ2n) is 7.03. The third-order valence-corrected chi connectivity index (χ3v) is 3.42. The van der Waals surface area contributed by atoms with Gasteiger partial charge >= 0.3 is 5.97 Å². The molecule has 0 aromatic carbocycles. The fraction of sp³-hybridized carbons (Fsp3) is 0.500. The lowest BCUT2D eigenvalue weighted by atomic mass is 10.0. The first kappa shape index (κ1) is 25.1. The summed E-state index contributed by atoms with van der Waals surface area (Å²) in [5.74, 6) is -0.364. The van der Waals surface area contributed by atoms with E-state index in [0.29, 0.717) is 0 Å². The van der Waals surface area contributed by atoms with Crippen LogP contribution in [-0.4, -0.2) is 45.7 Å². The van der Waals surface area contributed by atoms with Gasteiger partial charge in [0.25, 0.3) is 0 Å². The van der Waals surface area contributed by atoms with Crippen LogP contribution in [0, 0.1) is 0 Å². The number of esters is 1. The van der Waals surface area contributed by atoms with Crippen LogP contribution < -0.4 is 0 Å². The molecule has 0 rings (SSSR count). The van der Waals surface area contributed by atoms with E-state index in [-0.39, 0.29) is 18.5 Å². The molecule has 0 saturated heterocycles. The minimum atomic E-state index is -1.02. The first-order chi connectivity index (χ1) is 12.5. The Morgan fingerprint density at radius 2 is 1.56 bits per heavy atom. The highest BCUT2D eigenvalue weighted by atomic mass is 16.5. The summed E-state index contributed by atoms with van der Waals surface area (Å²) < 4.78 is 5.03. The number of carbonyl (C=O) groups excluding carboxylic acids is 1. The van der Waals surface area contributed by atoms with Crippen LogP contribution in [0.4, 0.5) is 0 Å². The van der Waals surface area contributed by atoms with Crippen molar-refractivity contribution in [2.75, 3.05) is 0 Å². The zero-order valence-electron chi connectivity index (χ0n) is 17.2. The van der Waals surface area contributed by atoms with Crippen molar-refractivity contribution in [2.24, 2.45) is 0 Å². The monoisotopic (exact) mass is 378 g/mol. The maximum Gasteiger partial charge on any atom is 0.331 e. The molecule has 3 N–H and O–H groups in total. The fourth-order valence-electron chi connectivity index (χ4n) is 2.20. The molecule has 3 atom stereocenters. The van der Waals surface area contributed by atoms with Gasteiger partial charge in [-0.15, -0.1) is 0 Å². The topological polar surface area (TPSA) is 87.0 Å². The lowest BCUT2D eigenvalue weighted by molar-refractivity contribution is -0.141. The SMILES string of the molecule is CC(=C\C=C\C(C)=C\C(O)C(O)CC(C)O)/C=C(C)/C=C/C(=O)OC(C)C. The molecule has 0 heterocycles. The van der Waals surface area contributed by atoms with Gasteiger partial charge in [-0.1, -0.05) is 53.2 Å². The minimum absolute atomic E-state index is 0.121. The van der Waals surface area contributed by atoms with Crippen molar-refractivity contribution in [3.8, 4) is 0 Å². The molecule has 0 aliphatic heterocycles. The Balaban J connectivity index is 4.75. The van der Waals surface area contributed by atoms with Gasteiger partial charge in [0, 0.05) is 12.5 Å². The number of hydrogen-bond acceptors (Lipinski definition) is 5. The van der Waals surface area contributed by atoms with Crippen LogP contribution in [0.2, 0.25) is 0 Å². The standard InChI is InChI=1S/C22H34O5/c1-15(2)27-22(26)11-10-18(5)12-16(3)8-7-9-17(4)13-20(24)21(25)14-19(6)23/h7-13,15,19-21,23-25H,14H2,1-6H3/b9-7+,11-10+,16-8+,17-13+,18-12+. The van der Waals surface area contributed by atoms with Crippen LogP contribution in [-0.2, 0) is 9.53 Å². The third kappa shape index (κ3) is 13.9. The maximum atomic E-state index is 11.5. The van der Waals surface area contributed by atoms with E-state index in [4.69, 9.17) is 4.74 Å². The summed E-state index contributed by atoms with van der Waals surface area (Å²) >= 11 is 0. The molecule has 0 radical (unpaired) electrons. The van der Waals surface area contributed by atoms with E-state index in [1.165, 1.54) is 6.08 Å². The second kappa shape index (κ2) is 13.3. The van der Waals surface area contributed by atoms with Crippen LogP contribution in [0.5, 0.6) is 0 Å². The predicted octanol–water partition coefficient (Wildman–Crippen LogP) is 3.38. The summed E-state index contributed by atoms with van der Waals surface area (Å²) in [4.78, 5) is 11.5. The van der Waals surface area contributed by atoms with Gasteiger partial charge in [-0.05, 0) is 41.5 Å². The smallest absolute Gasteiger partial charge is 0.331 e. The van der Waals surface area contributed by atoms with Crippen LogP contribution in [0.3, 0.4) is 0 Å². The molecule has 0 fully saturated rings. The van der Waals surface area contributed by atoms with Gasteiger partial charge in [0.1, 0.15) is 0 Å². The molecule has 3 unspecified atom stereocenters. The van der Waals surface area contributed by atoms with E-state index >= 15 is 0 Å². The Morgan fingerprint density at radius 1 is 0.926 bits per heavy atom. The first-order valence-corrected chi connectivity index (χ1v) is 9.15. The van der Waals surface area contributed by atoms with Crippen molar-refractivity contribution in [3.63, 3.8) is 0 Å². The number of ether oxygens (including phenoxy) is 1. The molecule has 0 aliphatic carbocycles. The molecule has 27 heavy (non-hydrogen) atoms. The van der Waals surface area contributed by atoms with E-state index < -0.39 is 18.3 Å². The molecule has 0 amide bonds. The van der Waals surface area contributed by atoms with Crippen molar-refractivity contribution >= 4 is 5.97 Å². The molecular formula is C22H34O5. The average molecular weight is 379 g/mol. The molecule has 0 aromatic heterocycles. The summed E-state index contributed by atoms with van der Waals surface area (Å²) in [6.07, 6.45) is 9.46. The summed E-state index contributed by atoms with van der Waals surface area (Å²) in [7, 11) is 0. The normalized spacial score (nSPS) is 17.6. The molecule has 152 valence electrons. The summed E-state index contributed by atoms with van der Waals surface area (Å²) in [5.41, 5.74) is 2.71. The highest BCUT2D eigenvalue weighted by Gasteiger charge is 2.15. The molecule has 0 spiro atoms. The van der Waals surface area contributed by atoms with Crippen molar-refractivity contribution < 1.29 is 24.9 Å². The van der Waals surface area contributed by atoms with Gasteiger partial charge in [-0.25, -0.2) is 4.79 Å². The van der Waals surface area contributed by atoms with Gasteiger partial charge in [0.2, 0.25) is 0 Å². The number of aliphatic hydroxyl groups excluding tert-OH is 3. The Morgan fingerprint density at radius 3 is 2.11 bits per heavy atom. The summed E-state index contributed by atoms with van der Waals surface area (Å²) in [5, 5.41) is 28.9. The van der Waals surface area contributed by atoms with E-state index in [2.05, 4.69) is 0 Å². The lowest BCUT2D eigenvalue weighted by Gasteiger charge is -2.16. The van der Waals surface area contributed by atoms with E-state index in [1.807, 2.05) is 45.1 Å². The van der Waals surface area contributed by atoms with E-state index in [0.717, 1.165) is 16.7 Å². The van der Waals surface area contributed by atoms with Crippen molar-refractivity contribution in [3.05, 3.63) is 59.3 Å². The molecule has 5 nitrogen and oxygen atoms in total. The lowest BCUT2D eigenvalue weighted by Crippen LogP contribution is -2.27. The van der Waals surface area contributed by atoms with Crippen LogP contribution in [0.25, 0.3) is 0 Å². The first-order valence-electron chi connectivity index (χ1n) is 9.15. The molecule has 0 saturated carbocycles. The second-order valence-corrected chi connectivity index (χ2v) is 7.03. The zero-order valence-corrected chi connectivity index (χ0v) is 17.2. The van der Waals surface area contributed by atoms with Crippen LogP contribution in [0.1, 0.15) is 48.0 Å². The van der Waals surface area contributed by atoms with Crippen LogP contribution in [0.15, 0.2) is 59.3 Å². The molecule has 0 aromatic rings. The quantitative estimate of drug-likeness (QED) is 0.308. The molecule has 0 aliphatic rings. The maximum absolute atomic E-state index is 11.5. The van der Waals surface area contributed by atoms with Crippen molar-refractivity contribution in [2.45, 2.75) is 72.4 Å². The number of rotatable bonds is 10. The van der Waals surface area contributed by atoms with E-state index in [9.17, 15) is 20.1 Å². The Kier molecular flexibility index (Phi) is 12.3. The number of allylic oxidation sites excluding steroid dienone is 8. The highest BCUT2D eigenvalue weighted by molar-refractivity contribution is 5.82. The highest BCUT2D eigenvalue weighted by Crippen LogP contribution is 2.09. The third-order valence-electron chi connectivity index (χ3n) is 3.42.